The van der Waals surface area contributed by atoms with E-state index in [-0.39, 0.29) is 13.2 Å². The van der Waals surface area contributed by atoms with Gasteiger partial charge in [-0.1, -0.05) is 49.2 Å². The molecule has 0 spiro atoms. The topological polar surface area (TPSA) is 85.9 Å². The standard InChI is InChI=1S/C24H27ClN2O5/c1-4-8-18-20(23(28)31-5-2)21(27-24(29)26-18)17-11-7-12-19(30-3)22(17)32-14-15-9-6-10-16(25)13-15/h6-7,9-13,21H,4-5,8,14H2,1-3H3,(H2,26,27,29). The zero-order valence-electron chi connectivity index (χ0n) is 18.4. The Bertz CT molecular complexity index is 1020. The molecular formula is C24H27ClN2O5. The molecule has 3 rings (SSSR count). The van der Waals surface area contributed by atoms with Gasteiger partial charge in [0.05, 0.1) is 25.3 Å². The summed E-state index contributed by atoms with van der Waals surface area (Å²) in [5.41, 5.74) is 2.37. The van der Waals surface area contributed by atoms with Gasteiger partial charge in [-0.3, -0.25) is 0 Å². The molecule has 1 unspecified atom stereocenters. The Morgan fingerprint density at radius 1 is 1.16 bits per heavy atom. The van der Waals surface area contributed by atoms with E-state index in [4.69, 9.17) is 25.8 Å². The second kappa shape index (κ2) is 10.9. The number of hydrogen-bond acceptors (Lipinski definition) is 5. The van der Waals surface area contributed by atoms with Crippen molar-refractivity contribution in [3.05, 3.63) is 69.9 Å². The molecule has 32 heavy (non-hydrogen) atoms. The molecule has 170 valence electrons. The average molecular weight is 459 g/mol. The quantitative estimate of drug-likeness (QED) is 0.522. The first-order valence-electron chi connectivity index (χ1n) is 10.5. The van der Waals surface area contributed by atoms with Gasteiger partial charge in [-0.25, -0.2) is 9.59 Å². The number of urea groups is 1. The molecule has 0 saturated carbocycles. The minimum Gasteiger partial charge on any atom is -0.493 e. The highest BCUT2D eigenvalue weighted by molar-refractivity contribution is 6.30. The molecule has 1 aliphatic rings. The molecule has 2 aromatic carbocycles. The second-order valence-corrected chi connectivity index (χ2v) is 7.63. The van der Waals surface area contributed by atoms with E-state index in [1.165, 1.54) is 7.11 Å². The summed E-state index contributed by atoms with van der Waals surface area (Å²) < 4.78 is 17.0. The van der Waals surface area contributed by atoms with E-state index in [0.717, 1.165) is 12.0 Å². The summed E-state index contributed by atoms with van der Waals surface area (Å²) in [6, 6.07) is 11.5. The van der Waals surface area contributed by atoms with Crippen molar-refractivity contribution >= 4 is 23.6 Å². The number of carbonyl (C=O) groups excluding carboxylic acids is 2. The third kappa shape index (κ3) is 5.34. The highest BCUT2D eigenvalue weighted by Gasteiger charge is 2.35. The SMILES string of the molecule is CCCC1=C(C(=O)OCC)C(c2cccc(OC)c2OCc2cccc(Cl)c2)NC(=O)N1. The van der Waals surface area contributed by atoms with Gasteiger partial charge in [-0.2, -0.15) is 0 Å². The van der Waals surface area contributed by atoms with Gasteiger partial charge < -0.3 is 24.8 Å². The molecule has 7 nitrogen and oxygen atoms in total. The minimum atomic E-state index is -0.756. The lowest BCUT2D eigenvalue weighted by Gasteiger charge is -2.30. The van der Waals surface area contributed by atoms with Crippen molar-refractivity contribution in [2.24, 2.45) is 0 Å². The Kier molecular flexibility index (Phi) is 8.00. The van der Waals surface area contributed by atoms with E-state index in [1.54, 1.807) is 31.2 Å². The molecule has 1 aliphatic heterocycles. The fourth-order valence-electron chi connectivity index (χ4n) is 3.61. The number of methoxy groups -OCH3 is 1. The van der Waals surface area contributed by atoms with Crippen molar-refractivity contribution in [2.45, 2.75) is 39.3 Å². The van der Waals surface area contributed by atoms with Crippen LogP contribution in [0.4, 0.5) is 4.79 Å². The molecule has 0 saturated heterocycles. The molecule has 2 N–H and O–H groups in total. The molecule has 0 fully saturated rings. The van der Waals surface area contributed by atoms with Gasteiger partial charge in [0.1, 0.15) is 6.61 Å². The number of para-hydroxylation sites is 1. The van der Waals surface area contributed by atoms with Crippen LogP contribution in [0.25, 0.3) is 0 Å². The first-order valence-corrected chi connectivity index (χ1v) is 10.9. The number of rotatable bonds is 9. The first-order chi connectivity index (χ1) is 15.5. The molecule has 1 heterocycles. The number of carbonyl (C=O) groups is 2. The molecule has 8 heteroatoms. The molecule has 0 radical (unpaired) electrons. The molecule has 1 atom stereocenters. The van der Waals surface area contributed by atoms with Crippen LogP contribution in [0.2, 0.25) is 5.02 Å². The summed E-state index contributed by atoms with van der Waals surface area (Å²) in [6.07, 6.45) is 1.28. The zero-order valence-corrected chi connectivity index (χ0v) is 19.1. The van der Waals surface area contributed by atoms with Crippen LogP contribution in [0.3, 0.4) is 0 Å². The number of allylic oxidation sites excluding steroid dienone is 1. The monoisotopic (exact) mass is 458 g/mol. The van der Waals surface area contributed by atoms with Gasteiger partial charge >= 0.3 is 12.0 Å². The normalized spacial score (nSPS) is 15.6. The van der Waals surface area contributed by atoms with Gasteiger partial charge in [0.2, 0.25) is 0 Å². The van der Waals surface area contributed by atoms with E-state index in [1.807, 2.05) is 25.1 Å². The van der Waals surface area contributed by atoms with Crippen LogP contribution in [0, 0.1) is 0 Å². The van der Waals surface area contributed by atoms with Crippen molar-refractivity contribution in [1.82, 2.24) is 10.6 Å². The number of amides is 2. The van der Waals surface area contributed by atoms with Crippen molar-refractivity contribution in [3.63, 3.8) is 0 Å². The van der Waals surface area contributed by atoms with Crippen molar-refractivity contribution in [1.29, 1.82) is 0 Å². The Balaban J connectivity index is 2.06. The van der Waals surface area contributed by atoms with Crippen molar-refractivity contribution < 1.29 is 23.8 Å². The van der Waals surface area contributed by atoms with E-state index in [0.29, 0.717) is 39.8 Å². The number of benzene rings is 2. The average Bonchev–Trinajstić information content (AvgIpc) is 2.77. The second-order valence-electron chi connectivity index (χ2n) is 7.19. The summed E-state index contributed by atoms with van der Waals surface area (Å²) in [4.78, 5) is 25.3. The molecule has 2 aromatic rings. The van der Waals surface area contributed by atoms with Crippen LogP contribution in [0.5, 0.6) is 11.5 Å². The van der Waals surface area contributed by atoms with E-state index in [2.05, 4.69) is 10.6 Å². The molecule has 0 aliphatic carbocycles. The number of nitrogens with one attached hydrogen (secondary N) is 2. The van der Waals surface area contributed by atoms with Crippen LogP contribution < -0.4 is 20.1 Å². The van der Waals surface area contributed by atoms with Crippen molar-refractivity contribution in [3.8, 4) is 11.5 Å². The summed E-state index contributed by atoms with van der Waals surface area (Å²) in [5.74, 6) is 0.425. The summed E-state index contributed by atoms with van der Waals surface area (Å²) in [5, 5.41) is 6.21. The van der Waals surface area contributed by atoms with Crippen LogP contribution in [0.15, 0.2) is 53.7 Å². The molecule has 0 aromatic heterocycles. The van der Waals surface area contributed by atoms with Gasteiger partial charge in [0.15, 0.2) is 11.5 Å². The lowest BCUT2D eigenvalue weighted by atomic mass is 9.93. The highest BCUT2D eigenvalue weighted by atomic mass is 35.5. The third-order valence-corrected chi connectivity index (χ3v) is 5.20. The number of halogens is 1. The first kappa shape index (κ1) is 23.5. The Morgan fingerprint density at radius 2 is 1.94 bits per heavy atom. The largest absolute Gasteiger partial charge is 0.493 e. The van der Waals surface area contributed by atoms with Crippen molar-refractivity contribution in [2.75, 3.05) is 13.7 Å². The fraction of sp³-hybridized carbons (Fsp3) is 0.333. The number of ether oxygens (including phenoxy) is 3. The van der Waals surface area contributed by atoms with Crippen LogP contribution >= 0.6 is 11.6 Å². The van der Waals surface area contributed by atoms with E-state index >= 15 is 0 Å². The summed E-state index contributed by atoms with van der Waals surface area (Å²) >= 11 is 6.09. The molecule has 2 amide bonds. The zero-order chi connectivity index (χ0) is 23.1. The lowest BCUT2D eigenvalue weighted by molar-refractivity contribution is -0.139. The maximum Gasteiger partial charge on any atom is 0.338 e. The maximum atomic E-state index is 12.9. The van der Waals surface area contributed by atoms with Gasteiger partial charge in [0, 0.05) is 16.3 Å². The van der Waals surface area contributed by atoms with Gasteiger partial charge in [-0.15, -0.1) is 0 Å². The summed E-state index contributed by atoms with van der Waals surface area (Å²) in [6.45, 7) is 4.17. The van der Waals surface area contributed by atoms with E-state index in [9.17, 15) is 9.59 Å². The lowest BCUT2D eigenvalue weighted by Crippen LogP contribution is -2.46. The predicted octanol–water partition coefficient (Wildman–Crippen LogP) is 4.90. The highest BCUT2D eigenvalue weighted by Crippen LogP contribution is 2.40. The van der Waals surface area contributed by atoms with Gasteiger partial charge in [0.25, 0.3) is 0 Å². The summed E-state index contributed by atoms with van der Waals surface area (Å²) in [7, 11) is 1.54. The van der Waals surface area contributed by atoms with Crippen LogP contribution in [-0.4, -0.2) is 25.7 Å². The smallest absolute Gasteiger partial charge is 0.338 e. The number of hydrogen-bond donors (Lipinski definition) is 2. The maximum absolute atomic E-state index is 12.9. The van der Waals surface area contributed by atoms with Crippen LogP contribution in [-0.2, 0) is 16.1 Å². The molecular weight excluding hydrogens is 432 g/mol. The molecule has 0 bridgehead atoms. The van der Waals surface area contributed by atoms with E-state index < -0.39 is 18.0 Å². The third-order valence-electron chi connectivity index (χ3n) is 4.96. The Morgan fingerprint density at radius 3 is 2.62 bits per heavy atom. The number of esters is 1. The van der Waals surface area contributed by atoms with Crippen LogP contribution in [0.1, 0.15) is 43.9 Å². The fourth-order valence-corrected chi connectivity index (χ4v) is 3.82. The minimum absolute atomic E-state index is 0.221. The van der Waals surface area contributed by atoms with Gasteiger partial charge in [-0.05, 0) is 37.1 Å². The Labute approximate surface area is 192 Å². The Hall–Kier alpha value is -3.19. The predicted molar refractivity (Wildman–Crippen MR) is 122 cm³/mol.